The van der Waals surface area contributed by atoms with E-state index in [1.807, 2.05) is 36.1 Å². The lowest BCUT2D eigenvalue weighted by molar-refractivity contribution is -0.132. The normalized spacial score (nSPS) is 14.9. The van der Waals surface area contributed by atoms with E-state index in [4.69, 9.17) is 4.74 Å². The van der Waals surface area contributed by atoms with Gasteiger partial charge in [0, 0.05) is 18.5 Å². The lowest BCUT2D eigenvalue weighted by Gasteiger charge is -2.26. The summed E-state index contributed by atoms with van der Waals surface area (Å²) in [7, 11) is 1.61. The minimum atomic E-state index is -0.288. The van der Waals surface area contributed by atoms with Crippen LogP contribution >= 0.6 is 0 Å². The van der Waals surface area contributed by atoms with E-state index in [9.17, 15) is 9.59 Å². The van der Waals surface area contributed by atoms with E-state index in [0.29, 0.717) is 5.65 Å². The van der Waals surface area contributed by atoms with Crippen LogP contribution in [0.4, 0.5) is 0 Å². The van der Waals surface area contributed by atoms with Gasteiger partial charge >= 0.3 is 5.69 Å². The van der Waals surface area contributed by atoms with Crippen LogP contribution in [0.1, 0.15) is 24.8 Å². The lowest BCUT2D eigenvalue weighted by atomic mass is 10.1. The largest absolute Gasteiger partial charge is 0.497 e. The molecule has 1 aliphatic rings. The van der Waals surface area contributed by atoms with Gasteiger partial charge in [0.2, 0.25) is 5.91 Å². The summed E-state index contributed by atoms with van der Waals surface area (Å²) in [6.45, 7) is 3.43. The number of hydrogen-bond acceptors (Lipinski definition) is 4. The maximum atomic E-state index is 12.9. The molecule has 0 bridgehead atoms. The highest BCUT2D eigenvalue weighted by atomic mass is 16.5. The molecule has 0 aliphatic carbocycles. The average molecular weight is 354 g/mol. The van der Waals surface area contributed by atoms with Crippen molar-refractivity contribution in [1.29, 1.82) is 0 Å². The Balaban J connectivity index is 1.78. The zero-order valence-corrected chi connectivity index (χ0v) is 15.1. The monoisotopic (exact) mass is 354 g/mol. The molecule has 7 nitrogen and oxygen atoms in total. The zero-order chi connectivity index (χ0) is 18.3. The predicted octanol–water partition coefficient (Wildman–Crippen LogP) is 1.98. The molecule has 1 aliphatic heterocycles. The van der Waals surface area contributed by atoms with Crippen LogP contribution in [-0.2, 0) is 11.3 Å². The Labute approximate surface area is 150 Å². The summed E-state index contributed by atoms with van der Waals surface area (Å²) in [5.74, 6) is 0.691. The Hall–Kier alpha value is -2.83. The fraction of sp³-hybridized carbons (Fsp3) is 0.421. The molecular weight excluding hydrogens is 332 g/mol. The number of likely N-dealkylation sites (tertiary alicyclic amines) is 1. The van der Waals surface area contributed by atoms with Gasteiger partial charge in [-0.1, -0.05) is 0 Å². The molecule has 1 fully saturated rings. The van der Waals surface area contributed by atoms with Crippen LogP contribution in [0.3, 0.4) is 0 Å². The first kappa shape index (κ1) is 16.6. The molecule has 1 saturated heterocycles. The Morgan fingerprint density at radius 3 is 2.69 bits per heavy atom. The highest BCUT2D eigenvalue weighted by Crippen LogP contribution is 2.23. The van der Waals surface area contributed by atoms with Crippen LogP contribution in [0.25, 0.3) is 16.6 Å². The van der Waals surface area contributed by atoms with Crippen molar-refractivity contribution in [2.75, 3.05) is 20.2 Å². The molecule has 0 unspecified atom stereocenters. The van der Waals surface area contributed by atoms with E-state index in [0.717, 1.165) is 54.6 Å². The summed E-state index contributed by atoms with van der Waals surface area (Å²) < 4.78 is 8.13. The minimum absolute atomic E-state index is 0.0163. The van der Waals surface area contributed by atoms with E-state index in [-0.39, 0.29) is 18.1 Å². The van der Waals surface area contributed by atoms with E-state index in [1.54, 1.807) is 11.5 Å². The molecule has 0 saturated carbocycles. The number of aryl methyl sites for hydroxylation is 1. The molecule has 3 heterocycles. The van der Waals surface area contributed by atoms with Crippen molar-refractivity contribution in [2.24, 2.45) is 0 Å². The summed E-state index contributed by atoms with van der Waals surface area (Å²) >= 11 is 0. The van der Waals surface area contributed by atoms with Gasteiger partial charge in [-0.2, -0.15) is 0 Å². The molecule has 2 aromatic heterocycles. The van der Waals surface area contributed by atoms with Crippen molar-refractivity contribution in [2.45, 2.75) is 32.7 Å². The van der Waals surface area contributed by atoms with Crippen molar-refractivity contribution in [3.05, 3.63) is 40.3 Å². The second kappa shape index (κ2) is 6.48. The predicted molar refractivity (Wildman–Crippen MR) is 98.7 cm³/mol. The molecule has 0 atom stereocenters. The Morgan fingerprint density at radius 1 is 1.19 bits per heavy atom. The molecule has 0 radical (unpaired) electrons. The van der Waals surface area contributed by atoms with E-state index in [1.165, 1.54) is 4.68 Å². The molecule has 0 spiro atoms. The second-order valence-electron chi connectivity index (χ2n) is 6.79. The number of fused-ring (bicyclic) bond motifs is 3. The number of piperidine rings is 1. The number of rotatable bonds is 3. The smallest absolute Gasteiger partial charge is 0.351 e. The van der Waals surface area contributed by atoms with Crippen molar-refractivity contribution in [3.63, 3.8) is 0 Å². The number of carbonyl (C=O) groups excluding carboxylic acids is 1. The SMILES string of the molecule is COc1ccc2c(c1)cc(C)c1nn(CC(=O)N3CCCCC3)c(=O)n12. The minimum Gasteiger partial charge on any atom is -0.497 e. The third kappa shape index (κ3) is 2.73. The standard InChI is InChI=1S/C19H22N4O3/c1-13-10-14-11-15(26-2)6-7-16(14)23-18(13)20-22(19(23)25)12-17(24)21-8-4-3-5-9-21/h6-7,10-11H,3-5,8-9,12H2,1-2H3. The van der Waals surface area contributed by atoms with Crippen molar-refractivity contribution < 1.29 is 9.53 Å². The van der Waals surface area contributed by atoms with Crippen LogP contribution in [0.2, 0.25) is 0 Å². The number of amides is 1. The average Bonchev–Trinajstić information content (AvgIpc) is 2.99. The summed E-state index contributed by atoms with van der Waals surface area (Å²) in [5, 5.41) is 5.33. The van der Waals surface area contributed by atoms with Gasteiger partial charge in [0.15, 0.2) is 5.65 Å². The van der Waals surface area contributed by atoms with E-state index >= 15 is 0 Å². The molecular formula is C19H22N4O3. The molecule has 1 amide bonds. The number of pyridine rings is 1. The fourth-order valence-electron chi connectivity index (χ4n) is 3.63. The molecule has 136 valence electrons. The molecule has 1 aromatic carbocycles. The molecule has 4 rings (SSSR count). The number of methoxy groups -OCH3 is 1. The lowest BCUT2D eigenvalue weighted by Crippen LogP contribution is -2.39. The Kier molecular flexibility index (Phi) is 4.14. The van der Waals surface area contributed by atoms with Gasteiger partial charge in [-0.25, -0.2) is 13.9 Å². The zero-order valence-electron chi connectivity index (χ0n) is 15.1. The van der Waals surface area contributed by atoms with Crippen LogP contribution in [-0.4, -0.2) is 45.2 Å². The number of carbonyl (C=O) groups is 1. The highest BCUT2D eigenvalue weighted by molar-refractivity contribution is 5.84. The first-order valence-corrected chi connectivity index (χ1v) is 8.93. The Morgan fingerprint density at radius 2 is 1.96 bits per heavy atom. The summed E-state index contributed by atoms with van der Waals surface area (Å²) in [6, 6.07) is 7.54. The van der Waals surface area contributed by atoms with Gasteiger partial charge < -0.3 is 9.64 Å². The third-order valence-corrected chi connectivity index (χ3v) is 5.03. The second-order valence-corrected chi connectivity index (χ2v) is 6.79. The number of hydrogen-bond donors (Lipinski definition) is 0. The summed E-state index contributed by atoms with van der Waals surface area (Å²) in [5.41, 5.74) is 1.93. The first-order valence-electron chi connectivity index (χ1n) is 8.93. The van der Waals surface area contributed by atoms with Crippen molar-refractivity contribution in [1.82, 2.24) is 19.1 Å². The van der Waals surface area contributed by atoms with Gasteiger partial charge in [-0.15, -0.1) is 5.10 Å². The first-order chi connectivity index (χ1) is 12.6. The van der Waals surface area contributed by atoms with Gasteiger partial charge in [0.05, 0.1) is 12.6 Å². The fourth-order valence-corrected chi connectivity index (χ4v) is 3.63. The maximum absolute atomic E-state index is 12.9. The number of aromatic nitrogens is 3. The number of nitrogens with zero attached hydrogens (tertiary/aromatic N) is 4. The summed E-state index contributed by atoms with van der Waals surface area (Å²) in [6.07, 6.45) is 3.21. The van der Waals surface area contributed by atoms with Gasteiger partial charge in [-0.3, -0.25) is 4.79 Å². The highest BCUT2D eigenvalue weighted by Gasteiger charge is 2.20. The van der Waals surface area contributed by atoms with Crippen LogP contribution < -0.4 is 10.4 Å². The van der Waals surface area contributed by atoms with Crippen LogP contribution in [0.15, 0.2) is 29.1 Å². The number of ether oxygens (including phenoxy) is 1. The molecule has 3 aromatic rings. The van der Waals surface area contributed by atoms with E-state index in [2.05, 4.69) is 5.10 Å². The molecule has 26 heavy (non-hydrogen) atoms. The van der Waals surface area contributed by atoms with Gasteiger partial charge in [0.1, 0.15) is 12.3 Å². The maximum Gasteiger partial charge on any atom is 0.351 e. The van der Waals surface area contributed by atoms with Crippen molar-refractivity contribution >= 4 is 22.5 Å². The summed E-state index contributed by atoms with van der Waals surface area (Å²) in [4.78, 5) is 27.3. The van der Waals surface area contributed by atoms with Gasteiger partial charge in [-0.05, 0) is 56.0 Å². The quantitative estimate of drug-likeness (QED) is 0.721. The Bertz CT molecular complexity index is 1040. The van der Waals surface area contributed by atoms with Crippen LogP contribution in [0, 0.1) is 6.92 Å². The number of benzene rings is 1. The molecule has 0 N–H and O–H groups in total. The van der Waals surface area contributed by atoms with Crippen molar-refractivity contribution in [3.8, 4) is 5.75 Å². The third-order valence-electron chi connectivity index (χ3n) is 5.03. The van der Waals surface area contributed by atoms with E-state index < -0.39 is 0 Å². The topological polar surface area (TPSA) is 68.8 Å². The van der Waals surface area contributed by atoms with Gasteiger partial charge in [0.25, 0.3) is 0 Å². The van der Waals surface area contributed by atoms with Crippen LogP contribution in [0.5, 0.6) is 5.75 Å². The molecule has 7 heteroatoms.